The van der Waals surface area contributed by atoms with Crippen LogP contribution in [0.25, 0.3) is 0 Å². The molecule has 0 spiro atoms. The highest BCUT2D eigenvalue weighted by atomic mass is 19.1. The van der Waals surface area contributed by atoms with E-state index >= 15 is 0 Å². The summed E-state index contributed by atoms with van der Waals surface area (Å²) in [6.07, 6.45) is 0. The molecule has 2 aromatic rings. The maximum atomic E-state index is 13.8. The van der Waals surface area contributed by atoms with Gasteiger partial charge in [-0.2, -0.15) is 0 Å². The van der Waals surface area contributed by atoms with Gasteiger partial charge in [-0.3, -0.25) is 0 Å². The Labute approximate surface area is 124 Å². The summed E-state index contributed by atoms with van der Waals surface area (Å²) in [6.45, 7) is 3.82. The molecule has 0 aromatic heterocycles. The number of methoxy groups -OCH3 is 1. The molecular formula is C17H20FNO2. The maximum absolute atomic E-state index is 13.8. The Bertz CT molecular complexity index is 615. The smallest absolute Gasteiger partial charge is 0.127 e. The normalized spacial score (nSPS) is 13.7. The number of nitrogens with one attached hydrogen (secondary N) is 1. The fraction of sp³-hybridized carbons (Fsp3) is 0.294. The summed E-state index contributed by atoms with van der Waals surface area (Å²) in [5.74, 6) is 0.631. The quantitative estimate of drug-likeness (QED) is 0.875. The zero-order chi connectivity index (χ0) is 15.4. The summed E-state index contributed by atoms with van der Waals surface area (Å²) in [5, 5.41) is 13.3. The van der Waals surface area contributed by atoms with E-state index in [1.807, 2.05) is 19.9 Å². The minimum Gasteiger partial charge on any atom is -0.508 e. The zero-order valence-corrected chi connectivity index (χ0v) is 12.4. The lowest BCUT2D eigenvalue weighted by Gasteiger charge is -2.22. The van der Waals surface area contributed by atoms with Crippen molar-refractivity contribution in [2.75, 3.05) is 7.11 Å². The Kier molecular flexibility index (Phi) is 4.81. The molecule has 0 fully saturated rings. The van der Waals surface area contributed by atoms with Crippen LogP contribution in [0.4, 0.5) is 4.39 Å². The van der Waals surface area contributed by atoms with Crippen LogP contribution in [-0.4, -0.2) is 12.2 Å². The lowest BCUT2D eigenvalue weighted by atomic mass is 10.0. The van der Waals surface area contributed by atoms with Crippen molar-refractivity contribution in [3.05, 3.63) is 59.4 Å². The highest BCUT2D eigenvalue weighted by molar-refractivity contribution is 5.41. The summed E-state index contributed by atoms with van der Waals surface area (Å²) in [7, 11) is 1.58. The second-order valence-electron chi connectivity index (χ2n) is 5.06. The van der Waals surface area contributed by atoms with Crippen molar-refractivity contribution in [3.63, 3.8) is 0 Å². The summed E-state index contributed by atoms with van der Waals surface area (Å²) in [5.41, 5.74) is 1.32. The van der Waals surface area contributed by atoms with Crippen LogP contribution in [0, 0.1) is 5.82 Å². The molecule has 0 saturated heterocycles. The molecule has 4 heteroatoms. The van der Waals surface area contributed by atoms with Gasteiger partial charge in [0.15, 0.2) is 0 Å². The summed E-state index contributed by atoms with van der Waals surface area (Å²) >= 11 is 0. The predicted octanol–water partition coefficient (Wildman–Crippen LogP) is 3.95. The van der Waals surface area contributed by atoms with Crippen LogP contribution < -0.4 is 10.1 Å². The van der Waals surface area contributed by atoms with E-state index in [2.05, 4.69) is 5.32 Å². The average Bonchev–Trinajstić information content (AvgIpc) is 2.48. The van der Waals surface area contributed by atoms with Crippen molar-refractivity contribution in [1.82, 2.24) is 5.32 Å². The highest BCUT2D eigenvalue weighted by Gasteiger charge is 2.16. The van der Waals surface area contributed by atoms with E-state index in [1.165, 1.54) is 6.07 Å². The minimum absolute atomic E-state index is 0.144. The number of phenols is 1. The topological polar surface area (TPSA) is 41.5 Å². The molecule has 2 rings (SSSR count). The number of aromatic hydroxyl groups is 1. The van der Waals surface area contributed by atoms with Crippen LogP contribution >= 0.6 is 0 Å². The zero-order valence-electron chi connectivity index (χ0n) is 12.4. The number of benzene rings is 2. The van der Waals surface area contributed by atoms with E-state index in [4.69, 9.17) is 4.74 Å². The van der Waals surface area contributed by atoms with E-state index in [9.17, 15) is 9.50 Å². The van der Waals surface area contributed by atoms with Crippen LogP contribution in [0.1, 0.15) is 37.1 Å². The molecule has 0 heterocycles. The van der Waals surface area contributed by atoms with Crippen LogP contribution in [0.15, 0.2) is 42.5 Å². The van der Waals surface area contributed by atoms with Gasteiger partial charge >= 0.3 is 0 Å². The first kappa shape index (κ1) is 15.3. The Balaban J connectivity index is 2.18. The molecule has 1 unspecified atom stereocenters. The molecule has 2 atom stereocenters. The third-order valence-corrected chi connectivity index (χ3v) is 3.57. The van der Waals surface area contributed by atoms with Crippen molar-refractivity contribution in [3.8, 4) is 11.5 Å². The lowest BCUT2D eigenvalue weighted by Crippen LogP contribution is -2.23. The summed E-state index contributed by atoms with van der Waals surface area (Å²) < 4.78 is 19.0. The molecule has 2 N–H and O–H groups in total. The molecule has 0 aliphatic carbocycles. The molecule has 3 nitrogen and oxygen atoms in total. The SMILES string of the molecule is COc1ccc(O)c(C(C)N[C@H](C)c2ccccc2F)c1. The van der Waals surface area contributed by atoms with Gasteiger partial charge in [0, 0.05) is 23.2 Å². The lowest BCUT2D eigenvalue weighted by molar-refractivity contribution is 0.404. The average molecular weight is 289 g/mol. The Hall–Kier alpha value is -2.07. The van der Waals surface area contributed by atoms with Crippen LogP contribution in [0.3, 0.4) is 0 Å². The molecule has 0 bridgehead atoms. The molecule has 2 aromatic carbocycles. The van der Waals surface area contributed by atoms with Gasteiger partial charge in [-0.05, 0) is 38.1 Å². The molecule has 21 heavy (non-hydrogen) atoms. The number of phenolic OH excluding ortho intramolecular Hbond substituents is 1. The highest BCUT2D eigenvalue weighted by Crippen LogP contribution is 2.30. The fourth-order valence-electron chi connectivity index (χ4n) is 2.39. The Morgan fingerprint density at radius 1 is 1.05 bits per heavy atom. The number of hydrogen-bond acceptors (Lipinski definition) is 3. The molecule has 0 amide bonds. The van der Waals surface area contributed by atoms with Crippen LogP contribution in [0.2, 0.25) is 0 Å². The molecule has 0 radical (unpaired) electrons. The van der Waals surface area contributed by atoms with Crippen molar-refractivity contribution in [1.29, 1.82) is 0 Å². The molecule has 112 valence electrons. The van der Waals surface area contributed by atoms with Gasteiger partial charge in [0.05, 0.1) is 7.11 Å². The Morgan fingerprint density at radius 3 is 2.38 bits per heavy atom. The number of rotatable bonds is 5. The van der Waals surface area contributed by atoms with Gasteiger partial charge in [0.25, 0.3) is 0 Å². The van der Waals surface area contributed by atoms with Gasteiger partial charge in [0.1, 0.15) is 17.3 Å². The second kappa shape index (κ2) is 6.59. The van der Waals surface area contributed by atoms with Crippen LogP contribution in [-0.2, 0) is 0 Å². The van der Waals surface area contributed by atoms with Crippen molar-refractivity contribution in [2.45, 2.75) is 25.9 Å². The summed E-state index contributed by atoms with van der Waals surface area (Å²) in [6, 6.07) is 11.4. The predicted molar refractivity (Wildman–Crippen MR) is 81.0 cm³/mol. The first-order valence-electron chi connectivity index (χ1n) is 6.90. The standard InChI is InChI=1S/C17H20FNO2/c1-11(14-6-4-5-7-16(14)18)19-12(2)15-10-13(21-3)8-9-17(15)20/h4-12,19-20H,1-3H3/t11-,12?/m1/s1. The maximum Gasteiger partial charge on any atom is 0.127 e. The molecule has 0 aliphatic heterocycles. The van der Waals surface area contributed by atoms with Crippen molar-refractivity contribution < 1.29 is 14.2 Å². The van der Waals surface area contributed by atoms with Gasteiger partial charge < -0.3 is 15.2 Å². The van der Waals surface area contributed by atoms with E-state index < -0.39 is 0 Å². The van der Waals surface area contributed by atoms with E-state index in [0.717, 1.165) is 5.56 Å². The van der Waals surface area contributed by atoms with Gasteiger partial charge in [-0.15, -0.1) is 0 Å². The largest absolute Gasteiger partial charge is 0.508 e. The first-order chi connectivity index (χ1) is 10.0. The fourth-order valence-corrected chi connectivity index (χ4v) is 2.39. The first-order valence-corrected chi connectivity index (χ1v) is 6.90. The molecular weight excluding hydrogens is 269 g/mol. The van der Waals surface area contributed by atoms with Gasteiger partial charge in [0.2, 0.25) is 0 Å². The Morgan fingerprint density at radius 2 is 1.71 bits per heavy atom. The second-order valence-corrected chi connectivity index (χ2v) is 5.06. The molecule has 0 aliphatic rings. The van der Waals surface area contributed by atoms with Crippen molar-refractivity contribution in [2.24, 2.45) is 0 Å². The van der Waals surface area contributed by atoms with Crippen LogP contribution in [0.5, 0.6) is 11.5 Å². The molecule has 0 saturated carbocycles. The third kappa shape index (κ3) is 3.52. The van der Waals surface area contributed by atoms with E-state index in [-0.39, 0.29) is 23.7 Å². The number of hydrogen-bond donors (Lipinski definition) is 2. The number of halogens is 1. The monoisotopic (exact) mass is 289 g/mol. The number of ether oxygens (including phenoxy) is 1. The van der Waals surface area contributed by atoms with E-state index in [0.29, 0.717) is 11.3 Å². The third-order valence-electron chi connectivity index (χ3n) is 3.57. The van der Waals surface area contributed by atoms with Gasteiger partial charge in [-0.25, -0.2) is 4.39 Å². The summed E-state index contributed by atoms with van der Waals surface area (Å²) in [4.78, 5) is 0. The van der Waals surface area contributed by atoms with Crippen molar-refractivity contribution >= 4 is 0 Å². The van der Waals surface area contributed by atoms with Gasteiger partial charge in [-0.1, -0.05) is 18.2 Å². The minimum atomic E-state index is -0.237. The van der Waals surface area contributed by atoms with E-state index in [1.54, 1.807) is 37.4 Å².